The molecule has 0 atom stereocenters. The van der Waals surface area contributed by atoms with E-state index in [1.807, 2.05) is 30.5 Å². The lowest BCUT2D eigenvalue weighted by molar-refractivity contribution is -0.143. The van der Waals surface area contributed by atoms with Gasteiger partial charge in [0.25, 0.3) is 5.91 Å². The number of fused-ring (bicyclic) bond motifs is 1. The first-order valence-electron chi connectivity index (χ1n) is 9.53. The normalized spacial score (nSPS) is 11.5. The monoisotopic (exact) mass is 458 g/mol. The van der Waals surface area contributed by atoms with Crippen LogP contribution in [0.1, 0.15) is 22.8 Å². The van der Waals surface area contributed by atoms with E-state index < -0.39 is 11.9 Å². The van der Waals surface area contributed by atoms with Gasteiger partial charge in [0.05, 0.1) is 35.9 Å². The van der Waals surface area contributed by atoms with E-state index in [1.165, 1.54) is 18.4 Å². The first-order valence-corrected chi connectivity index (χ1v) is 11.6. The minimum atomic E-state index is -0.463. The van der Waals surface area contributed by atoms with Crippen LogP contribution in [0.2, 0.25) is 0 Å². The number of hydrogen-bond donors (Lipinski definition) is 0. The van der Waals surface area contributed by atoms with Crippen LogP contribution in [0.5, 0.6) is 0 Å². The molecule has 0 aliphatic heterocycles. The Morgan fingerprint density at radius 1 is 1.13 bits per heavy atom. The lowest BCUT2D eigenvalue weighted by atomic mass is 10.1. The van der Waals surface area contributed by atoms with Crippen LogP contribution in [0.25, 0.3) is 10.2 Å². The molecule has 2 aromatic carbocycles. The van der Waals surface area contributed by atoms with Crippen LogP contribution in [0.4, 0.5) is 0 Å². The molecular weight excluding hydrogens is 436 g/mol. The summed E-state index contributed by atoms with van der Waals surface area (Å²) in [5, 5.41) is 0. The fourth-order valence-corrected chi connectivity index (χ4v) is 4.45. The second-order valence-electron chi connectivity index (χ2n) is 6.48. The van der Waals surface area contributed by atoms with Crippen molar-refractivity contribution in [1.29, 1.82) is 0 Å². The number of rotatable bonds is 7. The molecule has 1 heterocycles. The van der Waals surface area contributed by atoms with Gasteiger partial charge in [-0.25, -0.2) is 4.79 Å². The van der Waals surface area contributed by atoms with Gasteiger partial charge >= 0.3 is 11.9 Å². The Morgan fingerprint density at radius 2 is 1.87 bits per heavy atom. The zero-order valence-electron chi connectivity index (χ0n) is 17.4. The summed E-state index contributed by atoms with van der Waals surface area (Å²) in [7, 11) is 1.31. The Hall–Kier alpha value is -2.91. The Labute approximate surface area is 187 Å². The third-order valence-electron chi connectivity index (χ3n) is 4.43. The number of hydrogen-bond acceptors (Lipinski definition) is 7. The Kier molecular flexibility index (Phi) is 7.64. The van der Waals surface area contributed by atoms with Crippen molar-refractivity contribution < 1.29 is 23.9 Å². The van der Waals surface area contributed by atoms with E-state index in [0.29, 0.717) is 20.6 Å². The molecule has 0 aliphatic rings. The molecule has 0 saturated carbocycles. The molecule has 0 saturated heterocycles. The summed E-state index contributed by atoms with van der Waals surface area (Å²) in [6, 6.07) is 12.7. The van der Waals surface area contributed by atoms with Crippen LogP contribution < -0.4 is 4.80 Å². The maximum absolute atomic E-state index is 12.6. The second kappa shape index (κ2) is 10.4. The number of nitrogens with zero attached hydrogens (tertiary/aromatic N) is 2. The average Bonchev–Trinajstić information content (AvgIpc) is 3.09. The number of thioether (sulfide) groups is 1. The summed E-state index contributed by atoms with van der Waals surface area (Å²) >= 11 is 2.86. The number of aromatic nitrogens is 1. The van der Waals surface area contributed by atoms with Gasteiger partial charge in [-0.15, -0.1) is 11.8 Å². The molecule has 0 fully saturated rings. The van der Waals surface area contributed by atoms with Crippen molar-refractivity contribution >= 4 is 51.2 Å². The van der Waals surface area contributed by atoms with Crippen LogP contribution >= 0.6 is 23.1 Å². The van der Waals surface area contributed by atoms with E-state index >= 15 is 0 Å². The van der Waals surface area contributed by atoms with Crippen LogP contribution in [0.15, 0.2) is 52.4 Å². The highest BCUT2D eigenvalue weighted by Gasteiger charge is 2.15. The standard InChI is InChI=1S/C22H22N2O5S2/c1-4-29-20(26)13-24-17-10-7-15(21(27)28-2)12-18(17)31-22(24)23-19(25)11-14-5-8-16(30-3)9-6-14/h5-10,12H,4,11,13H2,1-3H3. The third kappa shape index (κ3) is 5.62. The molecule has 7 nitrogen and oxygen atoms in total. The molecule has 0 bridgehead atoms. The Balaban J connectivity index is 1.99. The van der Waals surface area contributed by atoms with Crippen molar-refractivity contribution in [3.05, 3.63) is 58.4 Å². The van der Waals surface area contributed by atoms with Gasteiger partial charge in [-0.3, -0.25) is 9.59 Å². The topological polar surface area (TPSA) is 87.0 Å². The molecule has 9 heteroatoms. The number of thiazole rings is 1. The molecule has 0 N–H and O–H groups in total. The Bertz CT molecular complexity index is 1180. The van der Waals surface area contributed by atoms with Crippen molar-refractivity contribution in [3.8, 4) is 0 Å². The smallest absolute Gasteiger partial charge is 0.337 e. The van der Waals surface area contributed by atoms with E-state index in [9.17, 15) is 14.4 Å². The molecule has 0 aliphatic carbocycles. The number of benzene rings is 2. The minimum Gasteiger partial charge on any atom is -0.465 e. The van der Waals surface area contributed by atoms with E-state index in [1.54, 1.807) is 41.5 Å². The molecule has 3 aromatic rings. The molecule has 1 amide bonds. The van der Waals surface area contributed by atoms with E-state index in [-0.39, 0.29) is 25.5 Å². The number of esters is 2. The fraction of sp³-hybridized carbons (Fsp3) is 0.273. The quantitative estimate of drug-likeness (QED) is 0.398. The molecule has 3 rings (SSSR count). The first-order chi connectivity index (χ1) is 14.9. The van der Waals surface area contributed by atoms with Crippen LogP contribution in [0, 0.1) is 0 Å². The van der Waals surface area contributed by atoms with Crippen LogP contribution in [0.3, 0.4) is 0 Å². The zero-order chi connectivity index (χ0) is 22.4. The van der Waals surface area contributed by atoms with Gasteiger partial charge in [-0.05, 0) is 49.1 Å². The second-order valence-corrected chi connectivity index (χ2v) is 8.37. The lowest BCUT2D eigenvalue weighted by Crippen LogP contribution is -2.23. The summed E-state index contributed by atoms with van der Waals surface area (Å²) < 4.78 is 12.2. The lowest BCUT2D eigenvalue weighted by Gasteiger charge is -2.05. The van der Waals surface area contributed by atoms with Gasteiger partial charge in [-0.2, -0.15) is 4.99 Å². The van der Waals surface area contributed by atoms with Crippen molar-refractivity contribution in [2.45, 2.75) is 24.8 Å². The van der Waals surface area contributed by atoms with Gasteiger partial charge in [-0.1, -0.05) is 23.5 Å². The molecule has 0 spiro atoms. The highest BCUT2D eigenvalue weighted by Crippen LogP contribution is 2.20. The zero-order valence-corrected chi connectivity index (χ0v) is 19.0. The predicted molar refractivity (Wildman–Crippen MR) is 120 cm³/mol. The van der Waals surface area contributed by atoms with Crippen molar-refractivity contribution in [3.63, 3.8) is 0 Å². The highest BCUT2D eigenvalue weighted by atomic mass is 32.2. The van der Waals surface area contributed by atoms with Gasteiger partial charge < -0.3 is 14.0 Å². The molecule has 1 aromatic heterocycles. The van der Waals surface area contributed by atoms with Crippen LogP contribution in [-0.4, -0.2) is 42.4 Å². The molecule has 0 unspecified atom stereocenters. The number of carbonyl (C=O) groups is 3. The molecular formula is C22H22N2O5S2. The maximum Gasteiger partial charge on any atom is 0.337 e. The van der Waals surface area contributed by atoms with Crippen LogP contribution in [-0.2, 0) is 32.0 Å². The number of amides is 1. The predicted octanol–water partition coefficient (Wildman–Crippen LogP) is 3.44. The first kappa shape index (κ1) is 22.8. The summed E-state index contributed by atoms with van der Waals surface area (Å²) in [6.45, 7) is 1.90. The fourth-order valence-electron chi connectivity index (χ4n) is 2.96. The summed E-state index contributed by atoms with van der Waals surface area (Å²) in [6.07, 6.45) is 2.14. The summed E-state index contributed by atoms with van der Waals surface area (Å²) in [5.41, 5.74) is 1.92. The third-order valence-corrected chi connectivity index (χ3v) is 6.22. The van der Waals surface area contributed by atoms with E-state index in [2.05, 4.69) is 4.99 Å². The largest absolute Gasteiger partial charge is 0.465 e. The summed E-state index contributed by atoms with van der Waals surface area (Å²) in [5.74, 6) is -1.22. The van der Waals surface area contributed by atoms with Gasteiger partial charge in [0.15, 0.2) is 4.80 Å². The minimum absolute atomic E-state index is 0.0834. The van der Waals surface area contributed by atoms with Crippen molar-refractivity contribution in [2.24, 2.45) is 4.99 Å². The highest BCUT2D eigenvalue weighted by molar-refractivity contribution is 7.98. The van der Waals surface area contributed by atoms with Crippen molar-refractivity contribution in [2.75, 3.05) is 20.0 Å². The van der Waals surface area contributed by atoms with E-state index in [0.717, 1.165) is 10.5 Å². The number of ether oxygens (including phenoxy) is 2. The van der Waals surface area contributed by atoms with Gasteiger partial charge in [0, 0.05) is 4.90 Å². The Morgan fingerprint density at radius 3 is 2.52 bits per heavy atom. The van der Waals surface area contributed by atoms with Crippen molar-refractivity contribution in [1.82, 2.24) is 4.57 Å². The number of methoxy groups -OCH3 is 1. The summed E-state index contributed by atoms with van der Waals surface area (Å²) in [4.78, 5) is 42.4. The molecule has 0 radical (unpaired) electrons. The maximum atomic E-state index is 12.6. The van der Waals surface area contributed by atoms with Gasteiger partial charge in [0.2, 0.25) is 0 Å². The SMILES string of the molecule is CCOC(=O)Cn1c(=NC(=O)Cc2ccc(SC)cc2)sc2cc(C(=O)OC)ccc21. The average molecular weight is 459 g/mol. The van der Waals surface area contributed by atoms with E-state index in [4.69, 9.17) is 9.47 Å². The molecule has 31 heavy (non-hydrogen) atoms. The number of carbonyl (C=O) groups excluding carboxylic acids is 3. The van der Waals surface area contributed by atoms with Gasteiger partial charge in [0.1, 0.15) is 6.54 Å². The molecule has 162 valence electrons.